The highest BCUT2D eigenvalue weighted by molar-refractivity contribution is 7.13. The molecule has 0 saturated heterocycles. The van der Waals surface area contributed by atoms with E-state index < -0.39 is 0 Å². The standard InChI is InChI=1S/C18H19N3S/c1-11-4-5-13(3)15(8-11)21-18-14(6-7-19-18)17(20-21)16-9-12(2)10-22-16/h4-5,8-10,19H,6-7H2,1-3H3. The van der Waals surface area contributed by atoms with Crippen LogP contribution in [0.3, 0.4) is 0 Å². The topological polar surface area (TPSA) is 29.9 Å². The van der Waals surface area contributed by atoms with Crippen molar-refractivity contribution in [2.45, 2.75) is 27.2 Å². The molecule has 4 heteroatoms. The average Bonchev–Trinajstić information content (AvgIpc) is 3.17. The zero-order valence-electron chi connectivity index (χ0n) is 13.1. The van der Waals surface area contributed by atoms with Crippen molar-refractivity contribution >= 4 is 17.2 Å². The van der Waals surface area contributed by atoms with Crippen LogP contribution in [-0.4, -0.2) is 16.3 Å². The van der Waals surface area contributed by atoms with Gasteiger partial charge in [-0.1, -0.05) is 12.1 Å². The van der Waals surface area contributed by atoms with Gasteiger partial charge in [0.1, 0.15) is 11.5 Å². The van der Waals surface area contributed by atoms with E-state index in [0.717, 1.165) is 24.5 Å². The van der Waals surface area contributed by atoms with E-state index in [1.165, 1.54) is 32.8 Å². The highest BCUT2D eigenvalue weighted by Crippen LogP contribution is 2.37. The minimum absolute atomic E-state index is 0.995. The van der Waals surface area contributed by atoms with Gasteiger partial charge in [0.2, 0.25) is 0 Å². The Kier molecular flexibility index (Phi) is 3.08. The molecule has 0 amide bonds. The Balaban J connectivity index is 1.93. The molecule has 0 fully saturated rings. The summed E-state index contributed by atoms with van der Waals surface area (Å²) in [6, 6.07) is 8.77. The van der Waals surface area contributed by atoms with Crippen molar-refractivity contribution in [3.8, 4) is 16.3 Å². The van der Waals surface area contributed by atoms with E-state index in [1.807, 2.05) is 0 Å². The first-order chi connectivity index (χ1) is 10.6. The van der Waals surface area contributed by atoms with Gasteiger partial charge < -0.3 is 5.32 Å². The first kappa shape index (κ1) is 13.6. The smallest absolute Gasteiger partial charge is 0.133 e. The molecule has 0 atom stereocenters. The summed E-state index contributed by atoms with van der Waals surface area (Å²) in [5.41, 5.74) is 7.47. The van der Waals surface area contributed by atoms with Crippen LogP contribution in [0, 0.1) is 20.8 Å². The number of anilines is 1. The van der Waals surface area contributed by atoms with E-state index in [2.05, 4.69) is 60.4 Å². The van der Waals surface area contributed by atoms with Gasteiger partial charge in [0.25, 0.3) is 0 Å². The van der Waals surface area contributed by atoms with E-state index in [-0.39, 0.29) is 0 Å². The Morgan fingerprint density at radius 2 is 2.00 bits per heavy atom. The van der Waals surface area contributed by atoms with Crippen molar-refractivity contribution in [1.82, 2.24) is 9.78 Å². The van der Waals surface area contributed by atoms with Crippen LogP contribution in [0.2, 0.25) is 0 Å². The lowest BCUT2D eigenvalue weighted by Crippen LogP contribution is -2.05. The van der Waals surface area contributed by atoms with Crippen LogP contribution in [0.5, 0.6) is 0 Å². The number of nitrogens with one attached hydrogen (secondary N) is 1. The molecule has 0 unspecified atom stereocenters. The van der Waals surface area contributed by atoms with Crippen LogP contribution >= 0.6 is 11.3 Å². The monoisotopic (exact) mass is 309 g/mol. The lowest BCUT2D eigenvalue weighted by atomic mass is 10.1. The Hall–Kier alpha value is -2.07. The summed E-state index contributed by atoms with van der Waals surface area (Å²) in [7, 11) is 0. The van der Waals surface area contributed by atoms with E-state index in [1.54, 1.807) is 11.3 Å². The molecule has 0 aliphatic carbocycles. The van der Waals surface area contributed by atoms with Gasteiger partial charge in [0.15, 0.2) is 0 Å². The van der Waals surface area contributed by atoms with Crippen LogP contribution < -0.4 is 5.32 Å². The second-order valence-electron chi connectivity index (χ2n) is 6.04. The minimum Gasteiger partial charge on any atom is -0.369 e. The number of benzene rings is 1. The molecule has 0 radical (unpaired) electrons. The Morgan fingerprint density at radius 3 is 2.77 bits per heavy atom. The minimum atomic E-state index is 0.995. The van der Waals surface area contributed by atoms with Crippen molar-refractivity contribution in [2.24, 2.45) is 0 Å². The van der Waals surface area contributed by atoms with E-state index in [9.17, 15) is 0 Å². The molecule has 3 heterocycles. The molecule has 1 aromatic carbocycles. The van der Waals surface area contributed by atoms with Crippen LogP contribution in [0.4, 0.5) is 5.82 Å². The van der Waals surface area contributed by atoms with Gasteiger partial charge in [-0.3, -0.25) is 0 Å². The number of rotatable bonds is 2. The highest BCUT2D eigenvalue weighted by atomic mass is 32.1. The maximum atomic E-state index is 4.95. The SMILES string of the molecule is Cc1csc(-c2nn(-c3cc(C)ccc3C)c3c2CCN3)c1. The maximum absolute atomic E-state index is 4.95. The van der Waals surface area contributed by atoms with Gasteiger partial charge in [-0.15, -0.1) is 11.3 Å². The molecule has 2 aromatic heterocycles. The summed E-state index contributed by atoms with van der Waals surface area (Å²) >= 11 is 1.78. The summed E-state index contributed by atoms with van der Waals surface area (Å²) in [6.07, 6.45) is 1.05. The van der Waals surface area contributed by atoms with Gasteiger partial charge in [-0.2, -0.15) is 5.10 Å². The quantitative estimate of drug-likeness (QED) is 0.755. The molecule has 22 heavy (non-hydrogen) atoms. The van der Waals surface area contributed by atoms with Gasteiger partial charge in [-0.05, 0) is 61.4 Å². The second kappa shape index (κ2) is 4.99. The molecular weight excluding hydrogens is 290 g/mol. The van der Waals surface area contributed by atoms with Gasteiger partial charge >= 0.3 is 0 Å². The normalized spacial score (nSPS) is 13.2. The summed E-state index contributed by atoms with van der Waals surface area (Å²) in [4.78, 5) is 1.27. The number of aromatic nitrogens is 2. The maximum Gasteiger partial charge on any atom is 0.133 e. The molecular formula is C18H19N3S. The largest absolute Gasteiger partial charge is 0.369 e. The molecule has 0 spiro atoms. The van der Waals surface area contributed by atoms with Gasteiger partial charge in [-0.25, -0.2) is 4.68 Å². The summed E-state index contributed by atoms with van der Waals surface area (Å²) in [6.45, 7) is 7.41. The third-order valence-electron chi connectivity index (χ3n) is 4.21. The predicted molar refractivity (Wildman–Crippen MR) is 93.3 cm³/mol. The Labute approximate surface area is 134 Å². The third-order valence-corrected chi connectivity index (χ3v) is 5.26. The van der Waals surface area contributed by atoms with Crippen LogP contribution in [-0.2, 0) is 6.42 Å². The van der Waals surface area contributed by atoms with Crippen molar-refractivity contribution in [3.05, 3.63) is 51.9 Å². The van der Waals surface area contributed by atoms with Gasteiger partial charge in [0.05, 0.1) is 10.6 Å². The van der Waals surface area contributed by atoms with Gasteiger partial charge in [0, 0.05) is 12.1 Å². The van der Waals surface area contributed by atoms with E-state index in [0.29, 0.717) is 0 Å². The Morgan fingerprint density at radius 1 is 1.14 bits per heavy atom. The zero-order chi connectivity index (χ0) is 15.3. The van der Waals surface area contributed by atoms with E-state index >= 15 is 0 Å². The highest BCUT2D eigenvalue weighted by Gasteiger charge is 2.25. The first-order valence-corrected chi connectivity index (χ1v) is 8.50. The third kappa shape index (κ3) is 2.06. The lowest BCUT2D eigenvalue weighted by molar-refractivity contribution is 0.875. The molecule has 4 rings (SSSR count). The number of nitrogens with zero attached hydrogens (tertiary/aromatic N) is 2. The van der Waals surface area contributed by atoms with Crippen molar-refractivity contribution in [3.63, 3.8) is 0 Å². The Bertz CT molecular complexity index is 857. The van der Waals surface area contributed by atoms with Crippen LogP contribution in [0.25, 0.3) is 16.3 Å². The van der Waals surface area contributed by atoms with E-state index in [4.69, 9.17) is 5.10 Å². The molecule has 1 aliphatic heterocycles. The van der Waals surface area contributed by atoms with Crippen LogP contribution in [0.15, 0.2) is 29.6 Å². The molecule has 1 N–H and O–H groups in total. The fourth-order valence-electron chi connectivity index (χ4n) is 3.05. The molecule has 0 saturated carbocycles. The number of hydrogen-bond acceptors (Lipinski definition) is 3. The van der Waals surface area contributed by atoms with Crippen molar-refractivity contribution in [2.75, 3.05) is 11.9 Å². The fourth-order valence-corrected chi connectivity index (χ4v) is 3.96. The predicted octanol–water partition coefficient (Wildman–Crippen LogP) is 4.49. The average molecular weight is 309 g/mol. The first-order valence-electron chi connectivity index (χ1n) is 7.62. The molecule has 112 valence electrons. The molecule has 3 aromatic rings. The lowest BCUT2D eigenvalue weighted by Gasteiger charge is -2.10. The summed E-state index contributed by atoms with van der Waals surface area (Å²) in [5.74, 6) is 1.16. The number of hydrogen-bond donors (Lipinski definition) is 1. The van der Waals surface area contributed by atoms with Crippen molar-refractivity contribution < 1.29 is 0 Å². The van der Waals surface area contributed by atoms with Crippen molar-refractivity contribution in [1.29, 1.82) is 0 Å². The molecule has 0 bridgehead atoms. The fraction of sp³-hybridized carbons (Fsp3) is 0.278. The number of fused-ring (bicyclic) bond motifs is 1. The van der Waals surface area contributed by atoms with Crippen LogP contribution in [0.1, 0.15) is 22.3 Å². The molecule has 3 nitrogen and oxygen atoms in total. The summed E-state index contributed by atoms with van der Waals surface area (Å²) < 4.78 is 2.09. The summed E-state index contributed by atoms with van der Waals surface area (Å²) in [5, 5.41) is 10.7. The zero-order valence-corrected chi connectivity index (χ0v) is 13.9. The number of aryl methyl sites for hydroxylation is 3. The second-order valence-corrected chi connectivity index (χ2v) is 6.95. The number of thiophene rings is 1. The molecule has 1 aliphatic rings.